The number of hydrogen-bond donors (Lipinski definition) is 4. The fraction of sp³-hybridized carbons (Fsp3) is 0.600. The normalized spacial score (nSPS) is 14.5. The lowest BCUT2D eigenvalue weighted by Crippen LogP contribution is -2.24. The van der Waals surface area contributed by atoms with Gasteiger partial charge in [0.1, 0.15) is 0 Å². The number of rotatable bonds is 6. The number of nitrogen functional groups attached to an aromatic ring is 1. The van der Waals surface area contributed by atoms with E-state index in [1.807, 2.05) is 0 Å². The third-order valence-electron chi connectivity index (χ3n) is 2.80. The van der Waals surface area contributed by atoms with E-state index < -0.39 is 0 Å². The van der Waals surface area contributed by atoms with E-state index in [0.717, 1.165) is 25.9 Å². The molecule has 0 aromatic carbocycles. The van der Waals surface area contributed by atoms with Crippen LogP contribution in [-0.2, 0) is 4.79 Å². The Balaban J connectivity index is 2.08. The summed E-state index contributed by atoms with van der Waals surface area (Å²) in [5.74, 6) is 6.22. The smallest absolute Gasteiger partial charge is 0.243 e. The molecule has 2 heterocycles. The van der Waals surface area contributed by atoms with Crippen molar-refractivity contribution in [3.05, 3.63) is 0 Å². The second-order valence-corrected chi connectivity index (χ2v) is 4.26. The minimum absolute atomic E-state index is 0.218. The summed E-state index contributed by atoms with van der Waals surface area (Å²) < 4.78 is 0. The zero-order valence-electron chi connectivity index (χ0n) is 10.6. The number of hydrazine groups is 1. The van der Waals surface area contributed by atoms with Crippen LogP contribution >= 0.6 is 0 Å². The molecule has 1 aromatic heterocycles. The van der Waals surface area contributed by atoms with E-state index >= 15 is 0 Å². The van der Waals surface area contributed by atoms with Crippen molar-refractivity contribution in [1.29, 1.82) is 0 Å². The van der Waals surface area contributed by atoms with Gasteiger partial charge in [-0.05, 0) is 12.8 Å². The Hall–Kier alpha value is -2.16. The number of carbonyl (C=O) groups is 1. The number of nitrogens with one attached hydrogen (secondary N) is 2. The third kappa shape index (κ3) is 3.65. The number of amides is 1. The summed E-state index contributed by atoms with van der Waals surface area (Å²) in [7, 11) is 0. The van der Waals surface area contributed by atoms with Crippen molar-refractivity contribution < 1.29 is 4.79 Å². The van der Waals surface area contributed by atoms with Crippen molar-refractivity contribution in [2.75, 3.05) is 35.3 Å². The summed E-state index contributed by atoms with van der Waals surface area (Å²) in [4.78, 5) is 25.3. The molecule has 6 N–H and O–H groups in total. The van der Waals surface area contributed by atoms with E-state index in [9.17, 15) is 4.79 Å². The number of aromatic nitrogens is 3. The lowest BCUT2D eigenvalue weighted by molar-refractivity contribution is -0.117. The largest absolute Gasteiger partial charge is 0.370 e. The fourth-order valence-electron chi connectivity index (χ4n) is 1.86. The number of primary amides is 1. The second-order valence-electron chi connectivity index (χ2n) is 4.26. The van der Waals surface area contributed by atoms with Gasteiger partial charge in [-0.3, -0.25) is 10.2 Å². The highest BCUT2D eigenvalue weighted by molar-refractivity contribution is 5.74. The van der Waals surface area contributed by atoms with Gasteiger partial charge in [-0.15, -0.1) is 0 Å². The van der Waals surface area contributed by atoms with Gasteiger partial charge in [0.2, 0.25) is 23.8 Å². The molecule has 0 radical (unpaired) electrons. The summed E-state index contributed by atoms with van der Waals surface area (Å²) in [6.07, 6.45) is 2.47. The highest BCUT2D eigenvalue weighted by atomic mass is 16.1. The quantitative estimate of drug-likeness (QED) is 0.382. The lowest BCUT2D eigenvalue weighted by atomic mass is 10.4. The summed E-state index contributed by atoms with van der Waals surface area (Å²) >= 11 is 0. The minimum atomic E-state index is -0.376. The molecular weight excluding hydrogens is 248 g/mol. The van der Waals surface area contributed by atoms with Gasteiger partial charge in [-0.25, -0.2) is 5.84 Å². The molecule has 1 fully saturated rings. The summed E-state index contributed by atoms with van der Waals surface area (Å²) in [5, 5.41) is 2.93. The van der Waals surface area contributed by atoms with Gasteiger partial charge in [-0.2, -0.15) is 15.0 Å². The van der Waals surface area contributed by atoms with Crippen molar-refractivity contribution in [1.82, 2.24) is 15.0 Å². The Bertz CT molecular complexity index is 445. The van der Waals surface area contributed by atoms with Crippen LogP contribution in [0.5, 0.6) is 0 Å². The van der Waals surface area contributed by atoms with E-state index in [1.165, 1.54) is 0 Å². The number of carbonyl (C=O) groups excluding carboxylic acids is 1. The minimum Gasteiger partial charge on any atom is -0.370 e. The molecule has 0 atom stereocenters. The summed E-state index contributed by atoms with van der Waals surface area (Å²) in [6, 6.07) is 0. The van der Waals surface area contributed by atoms with Crippen molar-refractivity contribution >= 4 is 23.8 Å². The van der Waals surface area contributed by atoms with Gasteiger partial charge in [0.15, 0.2) is 0 Å². The molecule has 1 aliphatic heterocycles. The number of anilines is 3. The zero-order valence-corrected chi connectivity index (χ0v) is 10.6. The topological polar surface area (TPSA) is 135 Å². The van der Waals surface area contributed by atoms with Crippen LogP contribution in [0.15, 0.2) is 0 Å². The Labute approximate surface area is 110 Å². The standard InChI is InChI=1S/C10H18N8O/c11-7(19)3-4-13-8-14-9(17-12)16-10(15-8)18-5-1-2-6-18/h1-6,12H2,(H2,11,19)(H2,13,14,15,16,17). The van der Waals surface area contributed by atoms with Crippen molar-refractivity contribution in [3.8, 4) is 0 Å². The first-order valence-electron chi connectivity index (χ1n) is 6.19. The molecule has 0 aliphatic carbocycles. The van der Waals surface area contributed by atoms with Crippen LogP contribution in [0.1, 0.15) is 19.3 Å². The third-order valence-corrected chi connectivity index (χ3v) is 2.80. The molecule has 19 heavy (non-hydrogen) atoms. The maximum Gasteiger partial charge on any atom is 0.243 e. The van der Waals surface area contributed by atoms with E-state index in [-0.39, 0.29) is 12.3 Å². The molecule has 0 spiro atoms. The first-order chi connectivity index (χ1) is 9.19. The van der Waals surface area contributed by atoms with Crippen molar-refractivity contribution in [2.24, 2.45) is 11.6 Å². The van der Waals surface area contributed by atoms with Crippen LogP contribution in [0.3, 0.4) is 0 Å². The van der Waals surface area contributed by atoms with Gasteiger partial charge in [0.05, 0.1) is 0 Å². The Morgan fingerprint density at radius 3 is 2.53 bits per heavy atom. The summed E-state index contributed by atoms with van der Waals surface area (Å²) in [6.45, 7) is 2.23. The van der Waals surface area contributed by atoms with E-state index in [4.69, 9.17) is 11.6 Å². The van der Waals surface area contributed by atoms with Crippen LogP contribution in [0.2, 0.25) is 0 Å². The van der Waals surface area contributed by atoms with Crippen LogP contribution in [0.25, 0.3) is 0 Å². The molecule has 0 saturated carbocycles. The number of nitrogens with two attached hydrogens (primary N) is 2. The average Bonchev–Trinajstić information content (AvgIpc) is 2.92. The molecule has 9 nitrogen and oxygen atoms in total. The highest BCUT2D eigenvalue weighted by Crippen LogP contribution is 2.18. The zero-order chi connectivity index (χ0) is 13.7. The predicted octanol–water partition coefficient (Wildman–Crippen LogP) is -0.955. The van der Waals surface area contributed by atoms with Crippen LogP contribution in [0, 0.1) is 0 Å². The molecule has 1 aromatic rings. The number of nitrogens with zero attached hydrogens (tertiary/aromatic N) is 4. The van der Waals surface area contributed by atoms with E-state index in [1.54, 1.807) is 0 Å². The molecular formula is C10H18N8O. The Morgan fingerprint density at radius 2 is 1.89 bits per heavy atom. The molecule has 1 saturated heterocycles. The maximum atomic E-state index is 10.7. The average molecular weight is 266 g/mol. The highest BCUT2D eigenvalue weighted by Gasteiger charge is 2.17. The maximum absolute atomic E-state index is 10.7. The Morgan fingerprint density at radius 1 is 1.21 bits per heavy atom. The van der Waals surface area contributed by atoms with Crippen molar-refractivity contribution in [2.45, 2.75) is 19.3 Å². The number of hydrogen-bond acceptors (Lipinski definition) is 8. The van der Waals surface area contributed by atoms with Crippen LogP contribution in [0.4, 0.5) is 17.8 Å². The molecule has 104 valence electrons. The van der Waals surface area contributed by atoms with Crippen LogP contribution in [-0.4, -0.2) is 40.5 Å². The predicted molar refractivity (Wildman–Crippen MR) is 71.4 cm³/mol. The molecule has 2 rings (SSSR count). The van der Waals surface area contributed by atoms with Gasteiger partial charge >= 0.3 is 0 Å². The Kier molecular flexibility index (Phi) is 4.29. The lowest BCUT2D eigenvalue weighted by Gasteiger charge is -2.16. The first-order valence-corrected chi connectivity index (χ1v) is 6.19. The molecule has 0 unspecified atom stereocenters. The van der Waals surface area contributed by atoms with Crippen LogP contribution < -0.4 is 27.2 Å². The molecule has 0 bridgehead atoms. The SMILES string of the molecule is NNc1nc(NCCC(N)=O)nc(N2CCCC2)n1. The molecule has 9 heteroatoms. The van der Waals surface area contributed by atoms with E-state index in [2.05, 4.69) is 30.6 Å². The monoisotopic (exact) mass is 266 g/mol. The first kappa shape index (κ1) is 13.3. The molecule has 1 amide bonds. The fourth-order valence-corrected chi connectivity index (χ4v) is 1.86. The van der Waals surface area contributed by atoms with Gasteiger partial charge < -0.3 is 16.0 Å². The second kappa shape index (κ2) is 6.14. The van der Waals surface area contributed by atoms with Gasteiger partial charge in [-0.1, -0.05) is 0 Å². The summed E-state index contributed by atoms with van der Waals surface area (Å²) in [5.41, 5.74) is 7.48. The van der Waals surface area contributed by atoms with Gasteiger partial charge in [0.25, 0.3) is 0 Å². The molecule has 1 aliphatic rings. The van der Waals surface area contributed by atoms with E-state index in [0.29, 0.717) is 24.4 Å². The van der Waals surface area contributed by atoms with Gasteiger partial charge in [0, 0.05) is 26.1 Å². The van der Waals surface area contributed by atoms with Crippen molar-refractivity contribution in [3.63, 3.8) is 0 Å².